The number of amides is 1. The Bertz CT molecular complexity index is 1840. The van der Waals surface area contributed by atoms with E-state index in [-0.39, 0.29) is 37.3 Å². The van der Waals surface area contributed by atoms with Gasteiger partial charge < -0.3 is 44.3 Å². The molecule has 3 aliphatic rings. The average Bonchev–Trinajstić information content (AvgIpc) is 3.78. The van der Waals surface area contributed by atoms with Crippen LogP contribution in [0, 0.1) is 17.8 Å². The molecule has 1 aromatic heterocycles. The van der Waals surface area contributed by atoms with Crippen LogP contribution in [0.2, 0.25) is 0 Å². The number of alkyl halides is 1. The number of methoxy groups -OCH3 is 1. The first-order valence-electron chi connectivity index (χ1n) is 21.0. The van der Waals surface area contributed by atoms with Gasteiger partial charge in [0, 0.05) is 55.2 Å². The minimum atomic E-state index is -3.19. The van der Waals surface area contributed by atoms with Crippen molar-refractivity contribution in [1.82, 2.24) is 24.8 Å². The number of fused-ring (bicyclic) bond motifs is 1. The van der Waals surface area contributed by atoms with E-state index in [9.17, 15) is 24.3 Å². The Hall–Kier alpha value is -4.03. The maximum atomic E-state index is 16.9. The average molecular weight is 845 g/mol. The van der Waals surface area contributed by atoms with Crippen LogP contribution in [0.15, 0.2) is 30.5 Å². The number of nitrogen functional groups attached to an aromatic ring is 1. The van der Waals surface area contributed by atoms with E-state index in [2.05, 4.69) is 10.3 Å². The van der Waals surface area contributed by atoms with Gasteiger partial charge in [0.05, 0.1) is 30.0 Å². The number of hydrogen-bond donors (Lipinski definition) is 2. The molecule has 3 N–H and O–H groups in total. The van der Waals surface area contributed by atoms with Gasteiger partial charge in [-0.2, -0.15) is 0 Å². The summed E-state index contributed by atoms with van der Waals surface area (Å²) in [6.45, 7) is 13.2. The van der Waals surface area contributed by atoms with Crippen LogP contribution in [0.5, 0.6) is 0 Å². The lowest BCUT2D eigenvalue weighted by Gasteiger charge is -2.47. The van der Waals surface area contributed by atoms with Crippen LogP contribution in [-0.2, 0) is 44.6 Å². The molecule has 0 unspecified atom stereocenters. The number of rotatable bonds is 11. The minimum absolute atomic E-state index is 0.0103. The molecule has 60 heavy (non-hydrogen) atoms. The monoisotopic (exact) mass is 844 g/mol. The lowest BCUT2D eigenvalue weighted by atomic mass is 9.73. The topological polar surface area (TPSA) is 198 Å². The Balaban J connectivity index is 1.45. The van der Waals surface area contributed by atoms with Crippen molar-refractivity contribution >= 4 is 29.3 Å². The number of hydrogen-bond acceptors (Lipinski definition) is 14. The van der Waals surface area contributed by atoms with E-state index in [4.69, 9.17) is 29.4 Å². The molecule has 2 aromatic rings. The second kappa shape index (κ2) is 18.5. The van der Waals surface area contributed by atoms with E-state index in [1.165, 1.54) is 18.9 Å². The summed E-state index contributed by atoms with van der Waals surface area (Å²) in [5.41, 5.74) is 1.77. The molecule has 334 valence electrons. The number of nitrogens with zero attached hydrogens (tertiary/aromatic N) is 5. The fourth-order valence-electron chi connectivity index (χ4n) is 9.46. The van der Waals surface area contributed by atoms with Crippen LogP contribution in [-0.4, -0.2) is 141 Å². The zero-order valence-electron chi connectivity index (χ0n) is 36.9. The number of esters is 1. The van der Waals surface area contributed by atoms with Crippen molar-refractivity contribution < 1.29 is 52.4 Å². The summed E-state index contributed by atoms with van der Waals surface area (Å²) >= 11 is 0. The zero-order valence-corrected chi connectivity index (χ0v) is 36.9. The standard InChI is InChI=1S/C43H65FN6O10/c1-12-32-43(8)35(50(40(55)60-43)20-14-13-19-49-23-30(46-47-49)28-15-17-29(45)18-16-28)26(4)33(51)24(2)22-41(6,56-11)37(27(5)36(53)42(7,44)39(54)58-32)59-38-34(52)31(48(9)10)21-25(3)57-38/h15-18,23-27,31-32,34-35,37-38,52H,12-14,19-22,45H2,1-11H3/t24-,25+,26+,27+,31+,32-,34-,35-,37-,38+,41-,42+,43-/m1/s1. The number of anilines is 1. The van der Waals surface area contributed by atoms with Crippen molar-refractivity contribution in [1.29, 1.82) is 0 Å². The van der Waals surface area contributed by atoms with Crippen molar-refractivity contribution in [2.45, 2.75) is 154 Å². The van der Waals surface area contributed by atoms with Gasteiger partial charge in [0.1, 0.15) is 23.7 Å². The number of likely N-dealkylation sites (N-methyl/N-ethyl adjacent to an activating group) is 1. The number of unbranched alkanes of at least 4 members (excludes halogenated alkanes) is 1. The first kappa shape index (κ1) is 47.0. The van der Waals surface area contributed by atoms with Crippen LogP contribution in [0.1, 0.15) is 87.5 Å². The van der Waals surface area contributed by atoms with Crippen molar-refractivity contribution in [2.24, 2.45) is 17.8 Å². The Morgan fingerprint density at radius 1 is 1.02 bits per heavy atom. The highest BCUT2D eigenvalue weighted by molar-refractivity contribution is 6.08. The van der Waals surface area contributed by atoms with Crippen LogP contribution in [0.4, 0.5) is 14.9 Å². The highest BCUT2D eigenvalue weighted by Gasteiger charge is 2.61. The number of carbonyl (C=O) groups excluding carboxylic acids is 4. The van der Waals surface area contributed by atoms with Gasteiger partial charge in [-0.05, 0) is 86.0 Å². The summed E-state index contributed by atoms with van der Waals surface area (Å²) in [6, 6.07) is 6.00. The number of Topliss-reactive ketones (excluding diaryl/α,β-unsaturated/α-hetero) is 2. The summed E-state index contributed by atoms with van der Waals surface area (Å²) < 4.78 is 49.2. The fourth-order valence-corrected chi connectivity index (χ4v) is 9.46. The number of benzene rings is 1. The molecular formula is C43H65FN6O10. The third-order valence-corrected chi connectivity index (χ3v) is 13.0. The molecule has 5 rings (SSSR count). The number of ether oxygens (including phenoxy) is 5. The molecule has 17 heteroatoms. The Morgan fingerprint density at radius 3 is 2.28 bits per heavy atom. The largest absolute Gasteiger partial charge is 0.455 e. The molecule has 3 saturated heterocycles. The summed E-state index contributed by atoms with van der Waals surface area (Å²) in [6.07, 6.45) is -2.55. The smallest absolute Gasteiger partial charge is 0.410 e. The van der Waals surface area contributed by atoms with E-state index >= 15 is 4.39 Å². The maximum Gasteiger partial charge on any atom is 0.410 e. The number of aliphatic hydroxyl groups is 1. The molecule has 3 aliphatic heterocycles. The van der Waals surface area contributed by atoms with Gasteiger partial charge >= 0.3 is 12.1 Å². The molecule has 13 atom stereocenters. The highest BCUT2D eigenvalue weighted by Crippen LogP contribution is 2.44. The molecule has 1 aromatic carbocycles. The third-order valence-electron chi connectivity index (χ3n) is 13.0. The van der Waals surface area contributed by atoms with Gasteiger partial charge in [-0.1, -0.05) is 45.0 Å². The highest BCUT2D eigenvalue weighted by atomic mass is 19.1. The SMILES string of the molecule is CC[C@H]1OC(=O)[C@@](C)(F)C(=O)[C@H](C)[C@@H](O[C@@H]2O[C@@H](C)C[C@H](N(C)C)[C@H]2O)[C@](C)(OC)C[C@@H](C)C(=O)[C@H](C)[C@H]2N(CCCCn3cc(-c4ccc(N)cc4)nn3)C(=O)O[C@]12C. The summed E-state index contributed by atoms with van der Waals surface area (Å²) in [5, 5.41) is 19.9. The van der Waals surface area contributed by atoms with Gasteiger partial charge in [0.15, 0.2) is 17.7 Å². The van der Waals surface area contributed by atoms with Crippen LogP contribution in [0.25, 0.3) is 11.3 Å². The Labute approximate surface area is 352 Å². The van der Waals surface area contributed by atoms with Gasteiger partial charge in [0.2, 0.25) is 0 Å². The first-order chi connectivity index (χ1) is 28.1. The number of carbonyl (C=O) groups is 4. The van der Waals surface area contributed by atoms with Crippen molar-refractivity contribution in [3.63, 3.8) is 0 Å². The molecule has 0 spiro atoms. The number of aliphatic hydroxyl groups excluding tert-OH is 1. The van der Waals surface area contributed by atoms with Crippen molar-refractivity contribution in [3.8, 4) is 11.3 Å². The lowest BCUT2D eigenvalue weighted by molar-refractivity contribution is -0.295. The summed E-state index contributed by atoms with van der Waals surface area (Å²) in [4.78, 5) is 60.1. The molecule has 0 radical (unpaired) electrons. The van der Waals surface area contributed by atoms with Crippen molar-refractivity contribution in [3.05, 3.63) is 30.5 Å². The normalized spacial score (nSPS) is 37.1. The van der Waals surface area contributed by atoms with Crippen molar-refractivity contribution in [2.75, 3.05) is 33.5 Å². The lowest BCUT2D eigenvalue weighted by Crippen LogP contribution is -2.61. The van der Waals surface area contributed by atoms with Gasteiger partial charge in [-0.25, -0.2) is 14.0 Å². The number of halogens is 1. The number of aromatic nitrogens is 3. The van der Waals surface area contributed by atoms with E-state index in [0.717, 1.165) is 12.5 Å². The predicted octanol–water partition coefficient (Wildman–Crippen LogP) is 4.60. The van der Waals surface area contributed by atoms with Gasteiger partial charge in [-0.15, -0.1) is 5.10 Å². The van der Waals surface area contributed by atoms with Crippen LogP contribution >= 0.6 is 0 Å². The van der Waals surface area contributed by atoms with Gasteiger partial charge in [0.25, 0.3) is 5.67 Å². The van der Waals surface area contributed by atoms with Crippen LogP contribution < -0.4 is 5.73 Å². The first-order valence-corrected chi connectivity index (χ1v) is 21.0. The Kier molecular flexibility index (Phi) is 14.5. The number of nitrogens with two attached hydrogens (primary N) is 1. The van der Waals surface area contributed by atoms with E-state index < -0.39 is 83.1 Å². The maximum absolute atomic E-state index is 16.9. The quantitative estimate of drug-likeness (QED) is 0.138. The Morgan fingerprint density at radius 2 is 1.67 bits per heavy atom. The molecular weight excluding hydrogens is 780 g/mol. The third kappa shape index (κ3) is 9.39. The second-order valence-electron chi connectivity index (χ2n) is 17.8. The van der Waals surface area contributed by atoms with Crippen LogP contribution in [0.3, 0.4) is 0 Å². The molecule has 16 nitrogen and oxygen atoms in total. The summed E-state index contributed by atoms with van der Waals surface area (Å²) in [5.74, 6) is -5.85. The van der Waals surface area contributed by atoms with Gasteiger partial charge in [-0.3, -0.25) is 14.3 Å². The zero-order chi connectivity index (χ0) is 44.5. The van der Waals surface area contributed by atoms with E-state index in [0.29, 0.717) is 37.2 Å². The minimum Gasteiger partial charge on any atom is -0.455 e. The second-order valence-corrected chi connectivity index (χ2v) is 17.8. The summed E-state index contributed by atoms with van der Waals surface area (Å²) in [7, 11) is 5.04. The molecule has 4 heterocycles. The van der Waals surface area contributed by atoms with E-state index in [1.54, 1.807) is 51.4 Å². The van der Waals surface area contributed by atoms with E-state index in [1.807, 2.05) is 44.2 Å². The number of cyclic esters (lactones) is 1. The predicted molar refractivity (Wildman–Crippen MR) is 219 cm³/mol. The molecule has 1 amide bonds. The fraction of sp³-hybridized carbons (Fsp3) is 0.721. The molecule has 0 saturated carbocycles. The number of aryl methyl sites for hydroxylation is 1. The molecule has 0 aliphatic carbocycles. The molecule has 0 bridgehead atoms. The molecule has 3 fully saturated rings. The number of ketones is 2.